The number of amides is 3. The topological polar surface area (TPSA) is 92.8 Å². The lowest BCUT2D eigenvalue weighted by molar-refractivity contribution is -0.161. The second-order valence-corrected chi connectivity index (χ2v) is 7.53. The highest BCUT2D eigenvalue weighted by Gasteiger charge is 2.61. The first-order valence-corrected chi connectivity index (χ1v) is 8.10. The summed E-state index contributed by atoms with van der Waals surface area (Å²) in [6.07, 6.45) is -0.339. The van der Waals surface area contributed by atoms with Gasteiger partial charge >= 0.3 is 5.97 Å². The lowest BCUT2D eigenvalue weighted by atomic mass is 9.80. The van der Waals surface area contributed by atoms with E-state index < -0.39 is 41.3 Å². The van der Waals surface area contributed by atoms with Crippen molar-refractivity contribution in [1.82, 2.24) is 4.90 Å². The Kier molecular flexibility index (Phi) is 3.87. The third-order valence-electron chi connectivity index (χ3n) is 4.11. The van der Waals surface area contributed by atoms with Crippen LogP contribution in [0, 0.1) is 0 Å². The van der Waals surface area contributed by atoms with E-state index in [0.717, 1.165) is 4.90 Å². The standard InChI is InChI=1S/C17H17ClN2O5/c1-16(2,3)25-13(22)8-20-12(21)7-17(15(20)24)10-6-9(18)4-5-11(10)19-14(17)23/h4-6H,7-8H2,1-3H3,(H,19,23). The second kappa shape index (κ2) is 5.56. The molecule has 8 heteroatoms. The van der Waals surface area contributed by atoms with Gasteiger partial charge in [-0.15, -0.1) is 0 Å². The number of benzene rings is 1. The molecule has 1 aromatic carbocycles. The van der Waals surface area contributed by atoms with E-state index in [9.17, 15) is 19.2 Å². The number of halogens is 1. The van der Waals surface area contributed by atoms with Crippen LogP contribution in [0.5, 0.6) is 0 Å². The number of carbonyl (C=O) groups excluding carboxylic acids is 4. The van der Waals surface area contributed by atoms with Gasteiger partial charge in [-0.3, -0.25) is 24.1 Å². The SMILES string of the molecule is CC(C)(C)OC(=O)CN1C(=O)CC2(C(=O)Nc3ccc(Cl)cc32)C1=O. The quantitative estimate of drug-likeness (QED) is 0.489. The van der Waals surface area contributed by atoms with Crippen molar-refractivity contribution in [1.29, 1.82) is 0 Å². The van der Waals surface area contributed by atoms with E-state index in [1.54, 1.807) is 32.9 Å². The van der Waals surface area contributed by atoms with Crippen molar-refractivity contribution >= 4 is 41.0 Å². The summed E-state index contributed by atoms with van der Waals surface area (Å²) in [5, 5.41) is 2.95. The Bertz CT molecular complexity index is 814. The molecule has 0 saturated carbocycles. The fraction of sp³-hybridized carbons (Fsp3) is 0.412. The van der Waals surface area contributed by atoms with Crippen molar-refractivity contribution in [2.45, 2.75) is 38.2 Å². The second-order valence-electron chi connectivity index (χ2n) is 7.10. The Morgan fingerprint density at radius 2 is 2.00 bits per heavy atom. The van der Waals surface area contributed by atoms with Gasteiger partial charge in [0.05, 0.1) is 6.42 Å². The summed E-state index contributed by atoms with van der Waals surface area (Å²) in [5.41, 5.74) is -1.62. The molecule has 7 nitrogen and oxygen atoms in total. The molecular weight excluding hydrogens is 348 g/mol. The van der Waals surface area contributed by atoms with Crippen LogP contribution in [0.3, 0.4) is 0 Å². The van der Waals surface area contributed by atoms with Gasteiger partial charge in [0.25, 0.3) is 5.91 Å². The molecule has 0 radical (unpaired) electrons. The Balaban J connectivity index is 1.93. The summed E-state index contributed by atoms with van der Waals surface area (Å²) < 4.78 is 5.16. The van der Waals surface area contributed by atoms with E-state index in [-0.39, 0.29) is 6.42 Å². The molecule has 1 aromatic rings. The van der Waals surface area contributed by atoms with E-state index in [2.05, 4.69) is 5.32 Å². The number of hydrogen-bond donors (Lipinski definition) is 1. The number of carbonyl (C=O) groups is 4. The lowest BCUT2D eigenvalue weighted by Crippen LogP contribution is -2.45. The highest BCUT2D eigenvalue weighted by molar-refractivity contribution is 6.32. The van der Waals surface area contributed by atoms with Crippen molar-refractivity contribution in [2.75, 3.05) is 11.9 Å². The van der Waals surface area contributed by atoms with Crippen LogP contribution < -0.4 is 5.32 Å². The molecule has 1 atom stereocenters. The first-order valence-electron chi connectivity index (χ1n) is 7.73. The molecule has 1 N–H and O–H groups in total. The predicted octanol–water partition coefficient (Wildman–Crippen LogP) is 1.63. The molecule has 25 heavy (non-hydrogen) atoms. The first-order chi connectivity index (χ1) is 11.5. The summed E-state index contributed by atoms with van der Waals surface area (Å²) in [6, 6.07) is 4.66. The van der Waals surface area contributed by atoms with Crippen molar-refractivity contribution < 1.29 is 23.9 Å². The minimum absolute atomic E-state index is 0.339. The fourth-order valence-corrected chi connectivity index (χ4v) is 3.29. The molecule has 3 amide bonds. The molecule has 1 unspecified atom stereocenters. The number of esters is 1. The number of rotatable bonds is 2. The smallest absolute Gasteiger partial charge is 0.326 e. The Morgan fingerprint density at radius 1 is 1.32 bits per heavy atom. The number of anilines is 1. The first kappa shape index (κ1) is 17.4. The maximum Gasteiger partial charge on any atom is 0.326 e. The van der Waals surface area contributed by atoms with Gasteiger partial charge in [-0.2, -0.15) is 0 Å². The Hall–Kier alpha value is -2.41. The lowest BCUT2D eigenvalue weighted by Gasteiger charge is -2.23. The van der Waals surface area contributed by atoms with Crippen molar-refractivity contribution in [3.8, 4) is 0 Å². The number of nitrogens with one attached hydrogen (secondary N) is 1. The molecule has 2 aliphatic rings. The highest BCUT2D eigenvalue weighted by atomic mass is 35.5. The summed E-state index contributed by atoms with van der Waals surface area (Å²) >= 11 is 5.99. The zero-order chi connectivity index (χ0) is 18.6. The zero-order valence-corrected chi connectivity index (χ0v) is 14.8. The molecule has 1 saturated heterocycles. The summed E-state index contributed by atoms with van der Waals surface area (Å²) in [4.78, 5) is 50.6. The Morgan fingerprint density at radius 3 is 2.64 bits per heavy atom. The predicted molar refractivity (Wildman–Crippen MR) is 88.9 cm³/mol. The van der Waals surface area contributed by atoms with Gasteiger partial charge in [0, 0.05) is 16.3 Å². The van der Waals surface area contributed by atoms with Crippen LogP contribution in [-0.2, 0) is 29.3 Å². The number of fused-ring (bicyclic) bond motifs is 2. The fourth-order valence-electron chi connectivity index (χ4n) is 3.12. The van der Waals surface area contributed by atoms with Crippen LogP contribution in [0.25, 0.3) is 0 Å². The monoisotopic (exact) mass is 364 g/mol. The number of imide groups is 1. The van der Waals surface area contributed by atoms with Crippen LogP contribution in [0.2, 0.25) is 5.02 Å². The van der Waals surface area contributed by atoms with E-state index in [4.69, 9.17) is 16.3 Å². The van der Waals surface area contributed by atoms with Crippen LogP contribution in [0.15, 0.2) is 18.2 Å². The van der Waals surface area contributed by atoms with Crippen molar-refractivity contribution in [2.24, 2.45) is 0 Å². The van der Waals surface area contributed by atoms with Crippen LogP contribution >= 0.6 is 11.6 Å². The van der Waals surface area contributed by atoms with Gasteiger partial charge in [0.15, 0.2) is 5.41 Å². The average molecular weight is 365 g/mol. The molecule has 0 aliphatic carbocycles. The summed E-state index contributed by atoms with van der Waals surface area (Å²) in [7, 11) is 0. The van der Waals surface area contributed by atoms with E-state index in [1.807, 2.05) is 0 Å². The largest absolute Gasteiger partial charge is 0.459 e. The molecule has 0 bridgehead atoms. The normalized spacial score (nSPS) is 22.4. The molecule has 132 valence electrons. The van der Waals surface area contributed by atoms with Gasteiger partial charge in [-0.1, -0.05) is 11.6 Å². The van der Waals surface area contributed by atoms with Gasteiger partial charge < -0.3 is 10.1 Å². The zero-order valence-electron chi connectivity index (χ0n) is 14.0. The van der Waals surface area contributed by atoms with Crippen LogP contribution in [0.1, 0.15) is 32.8 Å². The minimum atomic E-state index is -1.67. The van der Waals surface area contributed by atoms with Crippen LogP contribution in [0.4, 0.5) is 5.69 Å². The minimum Gasteiger partial charge on any atom is -0.459 e. The van der Waals surface area contributed by atoms with Crippen molar-refractivity contribution in [3.63, 3.8) is 0 Å². The molecular formula is C17H17ClN2O5. The van der Waals surface area contributed by atoms with Gasteiger partial charge in [-0.25, -0.2) is 0 Å². The summed E-state index contributed by atoms with van der Waals surface area (Å²) in [5.74, 6) is -2.63. The number of nitrogens with zero attached hydrogens (tertiary/aromatic N) is 1. The van der Waals surface area contributed by atoms with Gasteiger partial charge in [-0.05, 0) is 39.0 Å². The maximum atomic E-state index is 12.9. The molecule has 3 rings (SSSR count). The van der Waals surface area contributed by atoms with Gasteiger partial charge in [0.1, 0.15) is 12.1 Å². The highest BCUT2D eigenvalue weighted by Crippen LogP contribution is 2.46. The van der Waals surface area contributed by atoms with E-state index in [1.165, 1.54) is 6.07 Å². The van der Waals surface area contributed by atoms with E-state index in [0.29, 0.717) is 16.3 Å². The summed E-state index contributed by atoms with van der Waals surface area (Å²) in [6.45, 7) is 4.52. The average Bonchev–Trinajstić information content (AvgIpc) is 2.88. The molecule has 1 fully saturated rings. The molecule has 0 aromatic heterocycles. The molecule has 2 heterocycles. The number of ether oxygens (including phenoxy) is 1. The molecule has 1 spiro atoms. The van der Waals surface area contributed by atoms with E-state index >= 15 is 0 Å². The van der Waals surface area contributed by atoms with Crippen molar-refractivity contribution in [3.05, 3.63) is 28.8 Å². The Labute approximate surface area is 149 Å². The number of hydrogen-bond acceptors (Lipinski definition) is 5. The number of likely N-dealkylation sites (tertiary alicyclic amines) is 1. The van der Waals surface area contributed by atoms with Gasteiger partial charge in [0.2, 0.25) is 11.8 Å². The third-order valence-corrected chi connectivity index (χ3v) is 4.35. The maximum absolute atomic E-state index is 12.9. The molecule has 2 aliphatic heterocycles. The third kappa shape index (κ3) is 2.78. The van der Waals surface area contributed by atoms with Crippen LogP contribution in [-0.4, -0.2) is 40.7 Å².